The summed E-state index contributed by atoms with van der Waals surface area (Å²) in [6.07, 6.45) is 1.59. The standard InChI is InChI=1S/C16H24N2O4S2/c1-13(2)12-14(19)17-7-5-16(6-8-17)18(9-10-22-16)24(20,21)15-4-3-11-23-15/h3-4,11,13H,5-10,12H2,1-2H3. The molecule has 2 fully saturated rings. The minimum atomic E-state index is -3.54. The first kappa shape index (κ1) is 17.8. The zero-order chi connectivity index (χ0) is 17.4. The van der Waals surface area contributed by atoms with Crippen molar-refractivity contribution in [2.75, 3.05) is 26.2 Å². The molecule has 134 valence electrons. The van der Waals surface area contributed by atoms with Gasteiger partial charge < -0.3 is 9.64 Å². The van der Waals surface area contributed by atoms with Crippen LogP contribution in [-0.2, 0) is 19.6 Å². The molecule has 0 aliphatic carbocycles. The number of carbonyl (C=O) groups excluding carboxylic acids is 1. The van der Waals surface area contributed by atoms with Crippen molar-refractivity contribution >= 4 is 27.3 Å². The topological polar surface area (TPSA) is 66.9 Å². The Balaban J connectivity index is 1.74. The summed E-state index contributed by atoms with van der Waals surface area (Å²) in [5.74, 6) is 0.470. The number of hydrogen-bond acceptors (Lipinski definition) is 5. The number of likely N-dealkylation sites (tertiary alicyclic amines) is 1. The molecule has 1 spiro atoms. The van der Waals surface area contributed by atoms with E-state index in [-0.39, 0.29) is 5.91 Å². The summed E-state index contributed by atoms with van der Waals surface area (Å²) < 4.78 is 33.6. The van der Waals surface area contributed by atoms with Gasteiger partial charge in [-0.3, -0.25) is 4.79 Å². The number of hydrogen-bond donors (Lipinski definition) is 0. The van der Waals surface area contributed by atoms with Crippen molar-refractivity contribution in [3.8, 4) is 0 Å². The average molecular weight is 373 g/mol. The molecule has 8 heteroatoms. The van der Waals surface area contributed by atoms with Gasteiger partial charge >= 0.3 is 0 Å². The number of nitrogens with zero attached hydrogens (tertiary/aromatic N) is 2. The lowest BCUT2D eigenvalue weighted by molar-refractivity contribution is -0.140. The van der Waals surface area contributed by atoms with Crippen LogP contribution in [0.25, 0.3) is 0 Å². The van der Waals surface area contributed by atoms with Crippen LogP contribution < -0.4 is 0 Å². The summed E-state index contributed by atoms with van der Waals surface area (Å²) >= 11 is 1.23. The Morgan fingerprint density at radius 1 is 1.33 bits per heavy atom. The number of piperidine rings is 1. The number of thiophene rings is 1. The van der Waals surface area contributed by atoms with Gasteiger partial charge in [0.15, 0.2) is 0 Å². The van der Waals surface area contributed by atoms with Gasteiger partial charge in [-0.15, -0.1) is 11.3 Å². The Bertz CT molecular complexity index is 677. The zero-order valence-electron chi connectivity index (χ0n) is 14.1. The molecule has 0 radical (unpaired) electrons. The van der Waals surface area contributed by atoms with Crippen LogP contribution in [0.5, 0.6) is 0 Å². The quantitative estimate of drug-likeness (QED) is 0.812. The lowest BCUT2D eigenvalue weighted by Crippen LogP contribution is -2.55. The molecular formula is C16H24N2O4S2. The molecule has 0 atom stereocenters. The first-order valence-electron chi connectivity index (χ1n) is 8.33. The van der Waals surface area contributed by atoms with Gasteiger partial charge in [-0.2, -0.15) is 4.31 Å². The van der Waals surface area contributed by atoms with Gasteiger partial charge in [0.1, 0.15) is 9.93 Å². The highest BCUT2D eigenvalue weighted by Gasteiger charge is 2.51. The van der Waals surface area contributed by atoms with E-state index in [1.54, 1.807) is 17.5 Å². The Morgan fingerprint density at radius 3 is 2.62 bits per heavy atom. The summed E-state index contributed by atoms with van der Waals surface area (Å²) in [4.78, 5) is 14.1. The second-order valence-corrected chi connectivity index (χ2v) is 9.82. The minimum Gasteiger partial charge on any atom is -0.358 e. The third-order valence-electron chi connectivity index (χ3n) is 4.64. The molecule has 0 aromatic carbocycles. The van der Waals surface area contributed by atoms with Crippen LogP contribution in [0.3, 0.4) is 0 Å². The van der Waals surface area contributed by atoms with E-state index in [1.807, 2.05) is 18.7 Å². The first-order chi connectivity index (χ1) is 11.3. The molecule has 2 aliphatic heterocycles. The second-order valence-electron chi connectivity index (χ2n) is 6.78. The number of ether oxygens (including phenoxy) is 1. The monoisotopic (exact) mass is 372 g/mol. The molecule has 0 unspecified atom stereocenters. The highest BCUT2D eigenvalue weighted by atomic mass is 32.2. The fourth-order valence-electron chi connectivity index (χ4n) is 3.43. The number of amides is 1. The van der Waals surface area contributed by atoms with Crippen LogP contribution in [0.4, 0.5) is 0 Å². The maximum atomic E-state index is 12.9. The Morgan fingerprint density at radius 2 is 2.04 bits per heavy atom. The highest BCUT2D eigenvalue weighted by Crippen LogP contribution is 2.39. The summed E-state index contributed by atoms with van der Waals surface area (Å²) in [5, 5.41) is 1.77. The lowest BCUT2D eigenvalue weighted by atomic mass is 9.99. The van der Waals surface area contributed by atoms with Gasteiger partial charge in [0.25, 0.3) is 10.0 Å². The van der Waals surface area contributed by atoms with Crippen LogP contribution in [0.15, 0.2) is 21.7 Å². The number of rotatable bonds is 4. The molecule has 1 aromatic heterocycles. The van der Waals surface area contributed by atoms with Crippen LogP contribution in [0.1, 0.15) is 33.1 Å². The van der Waals surface area contributed by atoms with Crippen LogP contribution in [0.2, 0.25) is 0 Å². The molecule has 2 saturated heterocycles. The molecule has 1 aromatic rings. The lowest BCUT2D eigenvalue weighted by Gasteiger charge is -2.42. The largest absolute Gasteiger partial charge is 0.358 e. The molecule has 0 saturated carbocycles. The van der Waals surface area contributed by atoms with Gasteiger partial charge in [0, 0.05) is 38.9 Å². The van der Waals surface area contributed by atoms with Crippen molar-refractivity contribution in [3.63, 3.8) is 0 Å². The predicted octanol–water partition coefficient (Wildman–Crippen LogP) is 2.13. The SMILES string of the molecule is CC(C)CC(=O)N1CCC2(CC1)OCCN2S(=O)(=O)c1cccs1. The van der Waals surface area contributed by atoms with Crippen LogP contribution in [0, 0.1) is 5.92 Å². The van der Waals surface area contributed by atoms with E-state index in [0.717, 1.165) is 0 Å². The van der Waals surface area contributed by atoms with E-state index in [0.29, 0.717) is 55.6 Å². The fraction of sp³-hybridized carbons (Fsp3) is 0.688. The van der Waals surface area contributed by atoms with E-state index in [9.17, 15) is 13.2 Å². The van der Waals surface area contributed by atoms with Crippen molar-refractivity contribution in [2.24, 2.45) is 5.92 Å². The smallest absolute Gasteiger partial charge is 0.255 e. The van der Waals surface area contributed by atoms with Crippen molar-refractivity contribution in [3.05, 3.63) is 17.5 Å². The van der Waals surface area contributed by atoms with E-state index in [4.69, 9.17) is 4.74 Å². The van der Waals surface area contributed by atoms with Crippen molar-refractivity contribution in [2.45, 2.75) is 43.0 Å². The normalized spacial score (nSPS) is 21.7. The van der Waals surface area contributed by atoms with E-state index in [2.05, 4.69) is 0 Å². The van der Waals surface area contributed by atoms with Crippen molar-refractivity contribution in [1.82, 2.24) is 9.21 Å². The number of sulfonamides is 1. The predicted molar refractivity (Wildman–Crippen MR) is 92.2 cm³/mol. The van der Waals surface area contributed by atoms with Gasteiger partial charge in [0.2, 0.25) is 5.91 Å². The summed E-state index contributed by atoms with van der Waals surface area (Å²) in [6.45, 7) is 5.92. The van der Waals surface area contributed by atoms with E-state index >= 15 is 0 Å². The maximum Gasteiger partial charge on any atom is 0.255 e. The maximum absolute atomic E-state index is 12.9. The number of carbonyl (C=O) groups is 1. The second kappa shape index (κ2) is 6.74. The van der Waals surface area contributed by atoms with Gasteiger partial charge in [-0.05, 0) is 17.4 Å². The molecule has 2 aliphatic rings. The summed E-state index contributed by atoms with van der Waals surface area (Å²) in [5.41, 5.74) is -0.794. The summed E-state index contributed by atoms with van der Waals surface area (Å²) in [6, 6.07) is 3.38. The molecule has 3 rings (SSSR count). The third-order valence-corrected chi connectivity index (χ3v) is 7.96. The molecule has 24 heavy (non-hydrogen) atoms. The van der Waals surface area contributed by atoms with Gasteiger partial charge in [-0.1, -0.05) is 19.9 Å². The average Bonchev–Trinajstić information content (AvgIpc) is 3.17. The Kier molecular flexibility index (Phi) is 5.01. The highest BCUT2D eigenvalue weighted by molar-refractivity contribution is 7.91. The first-order valence-corrected chi connectivity index (χ1v) is 10.7. The molecule has 0 bridgehead atoms. The van der Waals surface area contributed by atoms with E-state index in [1.165, 1.54) is 15.6 Å². The third kappa shape index (κ3) is 3.24. The molecule has 6 nitrogen and oxygen atoms in total. The summed E-state index contributed by atoms with van der Waals surface area (Å²) in [7, 11) is -3.54. The minimum absolute atomic E-state index is 0.144. The Hall–Kier alpha value is -0.960. The fourth-order valence-corrected chi connectivity index (χ4v) is 6.26. The van der Waals surface area contributed by atoms with Gasteiger partial charge in [0.05, 0.1) is 6.61 Å². The molecule has 0 N–H and O–H groups in total. The van der Waals surface area contributed by atoms with Crippen molar-refractivity contribution in [1.29, 1.82) is 0 Å². The zero-order valence-corrected chi connectivity index (χ0v) is 15.7. The van der Waals surface area contributed by atoms with Crippen LogP contribution >= 0.6 is 11.3 Å². The van der Waals surface area contributed by atoms with Crippen molar-refractivity contribution < 1.29 is 17.9 Å². The Labute approximate surface area is 147 Å². The van der Waals surface area contributed by atoms with E-state index < -0.39 is 15.7 Å². The molecule has 1 amide bonds. The molecule has 3 heterocycles. The van der Waals surface area contributed by atoms with Gasteiger partial charge in [-0.25, -0.2) is 8.42 Å². The molecular weight excluding hydrogens is 348 g/mol. The van der Waals surface area contributed by atoms with Crippen LogP contribution in [-0.4, -0.2) is 55.5 Å².